The zero-order valence-corrected chi connectivity index (χ0v) is 14.6. The molecule has 0 unspecified atom stereocenters. The van der Waals surface area contributed by atoms with Crippen LogP contribution in [0.1, 0.15) is 21.5 Å². The van der Waals surface area contributed by atoms with Crippen LogP contribution in [0, 0.1) is 17.1 Å². The van der Waals surface area contributed by atoms with E-state index in [-0.39, 0.29) is 17.7 Å². The van der Waals surface area contributed by atoms with Gasteiger partial charge in [-0.25, -0.2) is 9.37 Å². The van der Waals surface area contributed by atoms with E-state index < -0.39 is 11.7 Å². The molecule has 0 spiro atoms. The lowest BCUT2D eigenvalue weighted by atomic mass is 10.1. The second kappa shape index (κ2) is 7.33. The molecule has 1 amide bonds. The van der Waals surface area contributed by atoms with Crippen LogP contribution in [0.2, 0.25) is 0 Å². The minimum absolute atomic E-state index is 0.0953. The van der Waals surface area contributed by atoms with Crippen molar-refractivity contribution in [3.63, 3.8) is 0 Å². The highest BCUT2D eigenvalue weighted by atomic mass is 19.1. The number of hydrogen-bond donors (Lipinski definition) is 1. The number of benzene rings is 3. The van der Waals surface area contributed by atoms with Crippen LogP contribution in [-0.4, -0.2) is 10.9 Å². The fourth-order valence-corrected chi connectivity index (χ4v) is 2.81. The maximum Gasteiger partial charge on any atom is 0.254 e. The highest BCUT2D eigenvalue weighted by molar-refractivity contribution is 5.94. The van der Waals surface area contributed by atoms with Crippen LogP contribution in [0.3, 0.4) is 0 Å². The zero-order valence-electron chi connectivity index (χ0n) is 14.6. The molecular formula is C22H14FN3O2. The quantitative estimate of drug-likeness (QED) is 0.575. The monoisotopic (exact) mass is 371 g/mol. The van der Waals surface area contributed by atoms with E-state index in [4.69, 9.17) is 9.68 Å². The second-order valence-electron chi connectivity index (χ2n) is 6.17. The van der Waals surface area contributed by atoms with Crippen LogP contribution in [0.4, 0.5) is 4.39 Å². The smallest absolute Gasteiger partial charge is 0.254 e. The molecule has 0 saturated heterocycles. The molecule has 6 heteroatoms. The molecule has 0 saturated carbocycles. The molecule has 5 nitrogen and oxygen atoms in total. The molecule has 0 fully saturated rings. The van der Waals surface area contributed by atoms with Crippen LogP contribution < -0.4 is 5.32 Å². The molecule has 4 aromatic rings. The first kappa shape index (κ1) is 17.4. The van der Waals surface area contributed by atoms with Crippen molar-refractivity contribution in [3.05, 3.63) is 89.2 Å². The number of nitriles is 1. The van der Waals surface area contributed by atoms with E-state index >= 15 is 0 Å². The fraction of sp³-hybridized carbons (Fsp3) is 0.0455. The maximum atomic E-state index is 13.9. The lowest BCUT2D eigenvalue weighted by Gasteiger charge is -2.07. The van der Waals surface area contributed by atoms with Crippen molar-refractivity contribution in [2.75, 3.05) is 0 Å². The molecule has 1 aromatic heterocycles. The SMILES string of the molecule is N#Cc1ccc(C(=O)NCc2ccc(-c3nc4ccccc4o3)cc2)c(F)c1. The molecule has 0 radical (unpaired) electrons. The molecule has 136 valence electrons. The largest absolute Gasteiger partial charge is 0.436 e. The number of amides is 1. The summed E-state index contributed by atoms with van der Waals surface area (Å²) in [6, 6.07) is 20.5. The molecule has 0 aliphatic carbocycles. The summed E-state index contributed by atoms with van der Waals surface area (Å²) in [7, 11) is 0. The van der Waals surface area contributed by atoms with Crippen molar-refractivity contribution in [1.29, 1.82) is 5.26 Å². The predicted octanol–water partition coefficient (Wildman–Crippen LogP) is 4.44. The third-order valence-electron chi connectivity index (χ3n) is 4.29. The number of nitrogens with one attached hydrogen (secondary N) is 1. The van der Waals surface area contributed by atoms with Gasteiger partial charge >= 0.3 is 0 Å². The van der Waals surface area contributed by atoms with Gasteiger partial charge < -0.3 is 9.73 Å². The highest BCUT2D eigenvalue weighted by Crippen LogP contribution is 2.24. The summed E-state index contributed by atoms with van der Waals surface area (Å²) in [6.07, 6.45) is 0. The molecule has 4 rings (SSSR count). The summed E-state index contributed by atoms with van der Waals surface area (Å²) >= 11 is 0. The second-order valence-corrected chi connectivity index (χ2v) is 6.17. The van der Waals surface area contributed by atoms with Gasteiger partial charge in [0.05, 0.1) is 17.2 Å². The van der Waals surface area contributed by atoms with Gasteiger partial charge in [0.25, 0.3) is 5.91 Å². The Balaban J connectivity index is 1.45. The Kier molecular flexibility index (Phi) is 4.56. The number of carbonyl (C=O) groups excluding carboxylic acids is 1. The van der Waals surface area contributed by atoms with E-state index in [1.54, 1.807) is 0 Å². The molecule has 3 aromatic carbocycles. The Morgan fingerprint density at radius 1 is 1.11 bits per heavy atom. The molecule has 0 aliphatic rings. The van der Waals surface area contributed by atoms with Crippen LogP contribution in [0.15, 0.2) is 71.1 Å². The van der Waals surface area contributed by atoms with Gasteiger partial charge in [-0.1, -0.05) is 24.3 Å². The third-order valence-corrected chi connectivity index (χ3v) is 4.29. The number of aromatic nitrogens is 1. The van der Waals surface area contributed by atoms with Crippen molar-refractivity contribution in [3.8, 4) is 17.5 Å². The molecule has 0 bridgehead atoms. The minimum atomic E-state index is -0.720. The number of para-hydroxylation sites is 2. The Morgan fingerprint density at radius 3 is 2.61 bits per heavy atom. The molecule has 1 N–H and O–H groups in total. The third kappa shape index (κ3) is 3.46. The van der Waals surface area contributed by atoms with E-state index in [1.807, 2.05) is 54.6 Å². The number of rotatable bonds is 4. The van der Waals surface area contributed by atoms with Crippen molar-refractivity contribution < 1.29 is 13.6 Å². The van der Waals surface area contributed by atoms with Crippen LogP contribution in [-0.2, 0) is 6.54 Å². The fourth-order valence-electron chi connectivity index (χ4n) is 2.81. The molecule has 28 heavy (non-hydrogen) atoms. The number of oxazole rings is 1. The normalized spacial score (nSPS) is 10.6. The lowest BCUT2D eigenvalue weighted by Crippen LogP contribution is -2.23. The predicted molar refractivity (Wildman–Crippen MR) is 102 cm³/mol. The van der Waals surface area contributed by atoms with E-state index in [9.17, 15) is 9.18 Å². The van der Waals surface area contributed by atoms with E-state index in [0.29, 0.717) is 5.89 Å². The first-order valence-corrected chi connectivity index (χ1v) is 8.57. The van der Waals surface area contributed by atoms with E-state index in [2.05, 4.69) is 10.3 Å². The summed E-state index contributed by atoms with van der Waals surface area (Å²) in [6.45, 7) is 0.242. The first-order chi connectivity index (χ1) is 13.6. The number of halogens is 1. The van der Waals surface area contributed by atoms with Crippen LogP contribution >= 0.6 is 0 Å². The Labute approximate surface area is 160 Å². The van der Waals surface area contributed by atoms with Crippen LogP contribution in [0.25, 0.3) is 22.6 Å². The van der Waals surface area contributed by atoms with Crippen molar-refractivity contribution in [2.45, 2.75) is 6.54 Å². The summed E-state index contributed by atoms with van der Waals surface area (Å²) in [5.41, 5.74) is 3.26. The van der Waals surface area contributed by atoms with E-state index in [0.717, 1.165) is 28.3 Å². The summed E-state index contributed by atoms with van der Waals surface area (Å²) in [5.74, 6) is -0.732. The number of carbonyl (C=O) groups is 1. The number of nitrogens with zero attached hydrogens (tertiary/aromatic N) is 2. The van der Waals surface area contributed by atoms with Gasteiger partial charge in [-0.3, -0.25) is 4.79 Å². The van der Waals surface area contributed by atoms with Crippen molar-refractivity contribution >= 4 is 17.0 Å². The van der Waals surface area contributed by atoms with Gasteiger partial charge in [-0.2, -0.15) is 5.26 Å². The first-order valence-electron chi connectivity index (χ1n) is 8.57. The average molecular weight is 371 g/mol. The summed E-state index contributed by atoms with van der Waals surface area (Å²) < 4.78 is 19.6. The lowest BCUT2D eigenvalue weighted by molar-refractivity contribution is 0.0947. The Hall–Kier alpha value is -3.98. The van der Waals surface area contributed by atoms with Gasteiger partial charge in [0, 0.05) is 12.1 Å². The number of hydrogen-bond acceptors (Lipinski definition) is 4. The van der Waals surface area contributed by atoms with Gasteiger partial charge in [-0.15, -0.1) is 0 Å². The van der Waals surface area contributed by atoms with Gasteiger partial charge in [0.2, 0.25) is 5.89 Å². The minimum Gasteiger partial charge on any atom is -0.436 e. The van der Waals surface area contributed by atoms with Crippen molar-refractivity contribution in [2.24, 2.45) is 0 Å². The van der Waals surface area contributed by atoms with E-state index in [1.165, 1.54) is 12.1 Å². The zero-order chi connectivity index (χ0) is 19.5. The molecular weight excluding hydrogens is 357 g/mol. The van der Waals surface area contributed by atoms with Gasteiger partial charge in [0.1, 0.15) is 11.3 Å². The van der Waals surface area contributed by atoms with Crippen LogP contribution in [0.5, 0.6) is 0 Å². The van der Waals surface area contributed by atoms with Crippen molar-refractivity contribution in [1.82, 2.24) is 10.3 Å². The van der Waals surface area contributed by atoms with Gasteiger partial charge in [0.15, 0.2) is 5.58 Å². The Bertz CT molecular complexity index is 1170. The molecule has 0 atom stereocenters. The highest BCUT2D eigenvalue weighted by Gasteiger charge is 2.12. The van der Waals surface area contributed by atoms with Gasteiger partial charge in [-0.05, 0) is 48.0 Å². The molecule has 1 heterocycles. The summed E-state index contributed by atoms with van der Waals surface area (Å²) in [5, 5.41) is 11.4. The maximum absolute atomic E-state index is 13.9. The summed E-state index contributed by atoms with van der Waals surface area (Å²) in [4.78, 5) is 16.6. The topological polar surface area (TPSA) is 78.9 Å². The number of fused-ring (bicyclic) bond motifs is 1. The standard InChI is InChI=1S/C22H14FN3O2/c23-18-11-15(12-24)7-10-17(18)21(27)25-13-14-5-8-16(9-6-14)22-26-19-3-1-2-4-20(19)28-22/h1-11H,13H2,(H,25,27). The average Bonchev–Trinajstić information content (AvgIpc) is 3.16. The Morgan fingerprint density at radius 2 is 1.89 bits per heavy atom. The molecule has 0 aliphatic heterocycles.